The molecule has 0 bridgehead atoms. The largest absolute Gasteiger partial charge is 0.461 e. The number of benzene rings is 2. The number of hydrogen-bond acceptors (Lipinski definition) is 9. The smallest absolute Gasteiger partial charge is 0.410 e. The second-order valence-corrected chi connectivity index (χ2v) is 12.0. The first-order valence-corrected chi connectivity index (χ1v) is 15.7. The molecule has 0 radical (unpaired) electrons. The summed E-state index contributed by atoms with van der Waals surface area (Å²) in [7, 11) is 0. The highest BCUT2D eigenvalue weighted by molar-refractivity contribution is 5.82. The molecule has 2 aromatic carbocycles. The number of rotatable bonds is 12. The van der Waals surface area contributed by atoms with E-state index in [9.17, 15) is 14.4 Å². The quantitative estimate of drug-likeness (QED) is 0.157. The fraction of sp³-hybridized carbons (Fsp3) is 0.515. The van der Waals surface area contributed by atoms with Crippen LogP contribution in [0, 0.1) is 11.3 Å². The van der Waals surface area contributed by atoms with Crippen LogP contribution in [-0.2, 0) is 37.0 Å². The summed E-state index contributed by atoms with van der Waals surface area (Å²) in [5.74, 6) is -0.424. The molecule has 3 aliphatic rings. The third-order valence-electron chi connectivity index (χ3n) is 8.79. The first kappa shape index (κ1) is 32.2. The third-order valence-corrected chi connectivity index (χ3v) is 8.79. The molecule has 1 amide bonds. The fourth-order valence-corrected chi connectivity index (χ4v) is 6.17. The van der Waals surface area contributed by atoms with Crippen molar-refractivity contribution in [2.75, 3.05) is 58.9 Å². The van der Waals surface area contributed by atoms with Crippen molar-refractivity contribution in [2.45, 2.75) is 44.6 Å². The number of carbonyl (C=O) groups is 3. The zero-order chi connectivity index (χ0) is 31.6. The van der Waals surface area contributed by atoms with Gasteiger partial charge in [0.25, 0.3) is 0 Å². The molecule has 0 saturated carbocycles. The van der Waals surface area contributed by atoms with E-state index in [0.29, 0.717) is 51.7 Å². The number of esters is 2. The number of piperazine rings is 1. The molecule has 2 aromatic rings. The first-order chi connectivity index (χ1) is 21.8. The molecule has 0 aromatic heterocycles. The number of hydrogen-bond donors (Lipinski definition) is 2. The summed E-state index contributed by atoms with van der Waals surface area (Å²) in [5, 5.41) is 7.61. The summed E-state index contributed by atoms with van der Waals surface area (Å²) in [6, 6.07) is 18.2. The highest BCUT2D eigenvalue weighted by Crippen LogP contribution is 2.22. The number of ether oxygens (including phenoxy) is 3. The minimum atomic E-state index is -0.756. The van der Waals surface area contributed by atoms with Crippen molar-refractivity contribution in [3.8, 4) is 0 Å². The van der Waals surface area contributed by atoms with E-state index >= 15 is 0 Å². The van der Waals surface area contributed by atoms with Crippen LogP contribution in [0.15, 0.2) is 60.7 Å². The Morgan fingerprint density at radius 3 is 2.07 bits per heavy atom. The number of cyclic esters (lactones) is 1. The van der Waals surface area contributed by atoms with Crippen LogP contribution in [0.2, 0.25) is 0 Å². The van der Waals surface area contributed by atoms with Crippen molar-refractivity contribution in [1.82, 2.24) is 19.6 Å². The van der Waals surface area contributed by atoms with Gasteiger partial charge in [0.15, 0.2) is 5.96 Å². The highest BCUT2D eigenvalue weighted by Gasteiger charge is 2.37. The van der Waals surface area contributed by atoms with Gasteiger partial charge >= 0.3 is 18.0 Å². The van der Waals surface area contributed by atoms with E-state index in [0.717, 1.165) is 37.1 Å². The number of piperidine rings is 1. The van der Waals surface area contributed by atoms with E-state index < -0.39 is 18.0 Å². The van der Waals surface area contributed by atoms with E-state index in [1.165, 1.54) is 0 Å². The van der Waals surface area contributed by atoms with Crippen LogP contribution in [-0.4, -0.2) is 115 Å². The zero-order valence-electron chi connectivity index (χ0n) is 25.7. The number of amides is 1. The molecule has 12 nitrogen and oxygen atoms in total. The van der Waals surface area contributed by atoms with Gasteiger partial charge in [-0.2, -0.15) is 0 Å². The van der Waals surface area contributed by atoms with E-state index in [4.69, 9.17) is 25.4 Å². The second-order valence-electron chi connectivity index (χ2n) is 12.0. The summed E-state index contributed by atoms with van der Waals surface area (Å²) in [6.07, 6.45) is 1.19. The van der Waals surface area contributed by atoms with Crippen LogP contribution >= 0.6 is 0 Å². The topological polar surface area (TPSA) is 142 Å². The summed E-state index contributed by atoms with van der Waals surface area (Å²) >= 11 is 0. The minimum Gasteiger partial charge on any atom is -0.461 e. The molecule has 3 heterocycles. The number of carbonyl (C=O) groups excluding carboxylic acids is 3. The molecule has 2 atom stereocenters. The maximum absolute atomic E-state index is 13.3. The highest BCUT2D eigenvalue weighted by atomic mass is 16.6. The normalized spacial score (nSPS) is 20.4. The summed E-state index contributed by atoms with van der Waals surface area (Å²) in [4.78, 5) is 46.7. The maximum atomic E-state index is 13.3. The Balaban J connectivity index is 1.10. The Labute approximate surface area is 264 Å². The number of guanidine groups is 1. The minimum absolute atomic E-state index is 0.0962. The van der Waals surface area contributed by atoms with Gasteiger partial charge < -0.3 is 29.7 Å². The fourth-order valence-electron chi connectivity index (χ4n) is 6.17. The van der Waals surface area contributed by atoms with Crippen molar-refractivity contribution in [1.29, 1.82) is 5.41 Å². The Hall–Kier alpha value is -4.16. The monoisotopic (exact) mass is 620 g/mol. The van der Waals surface area contributed by atoms with Crippen molar-refractivity contribution in [2.24, 2.45) is 11.7 Å². The Kier molecular flexibility index (Phi) is 11.3. The summed E-state index contributed by atoms with van der Waals surface area (Å²) in [6.45, 7) is 6.04. The Morgan fingerprint density at radius 2 is 1.47 bits per heavy atom. The van der Waals surface area contributed by atoms with Gasteiger partial charge in [0.05, 0.1) is 13.0 Å². The van der Waals surface area contributed by atoms with Gasteiger partial charge in [0.2, 0.25) is 0 Å². The molecule has 5 rings (SSSR count). The lowest BCUT2D eigenvalue weighted by Crippen LogP contribution is -2.54. The van der Waals surface area contributed by atoms with Gasteiger partial charge in [0.1, 0.15) is 25.4 Å². The van der Waals surface area contributed by atoms with Crippen LogP contribution in [0.1, 0.15) is 30.4 Å². The molecule has 45 heavy (non-hydrogen) atoms. The average Bonchev–Trinajstić information content (AvgIpc) is 3.40. The van der Waals surface area contributed by atoms with Crippen molar-refractivity contribution in [3.05, 3.63) is 71.8 Å². The number of nitrogens with zero attached hydrogens (tertiary/aromatic N) is 4. The molecule has 3 saturated heterocycles. The number of likely N-dealkylation sites (tertiary alicyclic amines) is 1. The van der Waals surface area contributed by atoms with Gasteiger partial charge in [-0.3, -0.25) is 24.8 Å². The van der Waals surface area contributed by atoms with Gasteiger partial charge in [0, 0.05) is 52.4 Å². The lowest BCUT2D eigenvalue weighted by Gasteiger charge is -2.38. The van der Waals surface area contributed by atoms with Crippen molar-refractivity contribution < 1.29 is 28.6 Å². The first-order valence-electron chi connectivity index (χ1n) is 15.7. The van der Waals surface area contributed by atoms with E-state index in [2.05, 4.69) is 4.90 Å². The lowest BCUT2D eigenvalue weighted by molar-refractivity contribution is -0.159. The van der Waals surface area contributed by atoms with Crippen LogP contribution < -0.4 is 5.73 Å². The SMILES string of the molecule is N=C(N)N1CCC(CN2CC(CN3CCN(C(CC(=O)OCc4ccccc4)C(=O)OCc4ccccc4)CC3)OC2=O)CC1. The molecule has 3 aliphatic heterocycles. The zero-order valence-corrected chi connectivity index (χ0v) is 25.7. The van der Waals surface area contributed by atoms with Crippen LogP contribution in [0.25, 0.3) is 0 Å². The molecule has 2 unspecified atom stereocenters. The van der Waals surface area contributed by atoms with Gasteiger partial charge in [-0.15, -0.1) is 0 Å². The second kappa shape index (κ2) is 15.7. The van der Waals surface area contributed by atoms with E-state index in [1.54, 1.807) is 4.90 Å². The maximum Gasteiger partial charge on any atom is 0.410 e. The molecular weight excluding hydrogens is 576 g/mol. The Morgan fingerprint density at radius 1 is 0.867 bits per heavy atom. The predicted molar refractivity (Wildman–Crippen MR) is 167 cm³/mol. The number of nitrogens with one attached hydrogen (secondary N) is 1. The van der Waals surface area contributed by atoms with Gasteiger partial charge in [-0.1, -0.05) is 60.7 Å². The Bertz CT molecular complexity index is 1280. The van der Waals surface area contributed by atoms with E-state index in [-0.39, 0.29) is 37.8 Å². The van der Waals surface area contributed by atoms with E-state index in [1.807, 2.05) is 70.5 Å². The van der Waals surface area contributed by atoms with Crippen molar-refractivity contribution >= 4 is 24.0 Å². The molecule has 0 aliphatic carbocycles. The average molecular weight is 621 g/mol. The molecule has 242 valence electrons. The number of nitrogens with two attached hydrogens (primary N) is 1. The van der Waals surface area contributed by atoms with Crippen LogP contribution in [0.5, 0.6) is 0 Å². The molecule has 3 N–H and O–H groups in total. The molecule has 0 spiro atoms. The summed E-state index contributed by atoms with van der Waals surface area (Å²) in [5.41, 5.74) is 7.37. The molecule has 3 fully saturated rings. The molecule has 12 heteroatoms. The summed E-state index contributed by atoms with van der Waals surface area (Å²) < 4.78 is 16.9. The lowest BCUT2D eigenvalue weighted by atomic mass is 9.96. The van der Waals surface area contributed by atoms with Crippen LogP contribution in [0.4, 0.5) is 4.79 Å². The van der Waals surface area contributed by atoms with Crippen LogP contribution in [0.3, 0.4) is 0 Å². The predicted octanol–water partition coefficient (Wildman–Crippen LogP) is 2.28. The standard InChI is InChI=1S/C33H44N6O6/c34-32(35)38-13-11-25(12-14-38)20-39-22-28(45-33(39)42)21-36-15-17-37(18-16-36)29(31(41)44-24-27-9-5-2-6-10-27)19-30(40)43-23-26-7-3-1-4-8-26/h1-10,25,28-29H,11-24H2,(H3,34,35). The van der Waals surface area contributed by atoms with Crippen molar-refractivity contribution in [3.63, 3.8) is 0 Å². The third kappa shape index (κ3) is 9.41. The van der Waals surface area contributed by atoms with Gasteiger partial charge in [-0.05, 0) is 29.9 Å². The van der Waals surface area contributed by atoms with Gasteiger partial charge in [-0.25, -0.2) is 4.79 Å². The molecular formula is C33H44N6O6.